The van der Waals surface area contributed by atoms with Crippen LogP contribution in [0.15, 0.2) is 48.1 Å². The number of hydrogen-bond donors (Lipinski definition) is 1. The number of carboxylic acids is 1. The van der Waals surface area contributed by atoms with Crippen LogP contribution in [0.4, 0.5) is 0 Å². The molecule has 3 aromatic rings. The van der Waals surface area contributed by atoms with E-state index in [-0.39, 0.29) is 0 Å². The summed E-state index contributed by atoms with van der Waals surface area (Å²) < 4.78 is 7.62. The van der Waals surface area contributed by atoms with Crippen molar-refractivity contribution in [1.29, 1.82) is 0 Å². The predicted molar refractivity (Wildman–Crippen MR) is 80.5 cm³/mol. The normalized spacial score (nSPS) is 11.2. The molecule has 0 saturated carbocycles. The highest BCUT2D eigenvalue weighted by molar-refractivity contribution is 7.15. The Bertz CT molecular complexity index is 758. The molecule has 0 aliphatic rings. The van der Waals surface area contributed by atoms with Crippen LogP contribution < -0.4 is 4.74 Å². The summed E-state index contributed by atoms with van der Waals surface area (Å²) in [6, 6.07) is 7.22. The fourth-order valence-corrected chi connectivity index (χ4v) is 2.56. The highest BCUT2D eigenvalue weighted by atomic mass is 32.1. The van der Waals surface area contributed by atoms with Gasteiger partial charge in [-0.15, -0.1) is 11.3 Å². The number of rotatable bonds is 5. The molecule has 106 valence electrons. The number of ether oxygens (including phenoxy) is 1. The highest BCUT2D eigenvalue weighted by Crippen LogP contribution is 2.16. The Hall–Kier alpha value is -2.60. The first-order chi connectivity index (χ1) is 10.2. The third-order valence-corrected chi connectivity index (χ3v) is 3.60. The first-order valence-corrected chi connectivity index (χ1v) is 7.13. The lowest BCUT2D eigenvalue weighted by atomic mass is 10.2. The number of benzene rings is 1. The molecule has 1 N–H and O–H groups in total. The van der Waals surface area contributed by atoms with Crippen molar-refractivity contribution < 1.29 is 14.6 Å². The molecule has 2 aromatic heterocycles. The van der Waals surface area contributed by atoms with E-state index in [9.17, 15) is 4.79 Å². The second-order valence-electron chi connectivity index (χ2n) is 4.35. The van der Waals surface area contributed by atoms with Gasteiger partial charge >= 0.3 is 5.97 Å². The van der Waals surface area contributed by atoms with Gasteiger partial charge in [0.15, 0.2) is 4.96 Å². The van der Waals surface area contributed by atoms with Gasteiger partial charge in [-0.05, 0) is 23.8 Å². The summed E-state index contributed by atoms with van der Waals surface area (Å²) in [6.45, 7) is 0.401. The van der Waals surface area contributed by atoms with Crippen LogP contribution in [0, 0.1) is 0 Å². The van der Waals surface area contributed by atoms with Crippen molar-refractivity contribution in [2.45, 2.75) is 6.61 Å². The van der Waals surface area contributed by atoms with Crippen LogP contribution >= 0.6 is 11.3 Å². The number of fused-ring (bicyclic) bond motifs is 1. The fraction of sp³-hybridized carbons (Fsp3) is 0.0667. The van der Waals surface area contributed by atoms with E-state index >= 15 is 0 Å². The molecule has 0 amide bonds. The molecule has 0 aliphatic carbocycles. The van der Waals surface area contributed by atoms with Gasteiger partial charge in [-0.25, -0.2) is 9.78 Å². The summed E-state index contributed by atoms with van der Waals surface area (Å²) in [6.07, 6.45) is 6.54. The Morgan fingerprint density at radius 2 is 2.19 bits per heavy atom. The van der Waals surface area contributed by atoms with Crippen LogP contribution in [0.3, 0.4) is 0 Å². The van der Waals surface area contributed by atoms with Crippen molar-refractivity contribution in [2.75, 3.05) is 0 Å². The number of carbonyl (C=O) groups is 1. The smallest absolute Gasteiger partial charge is 0.328 e. The molecule has 1 aromatic carbocycles. The molecule has 21 heavy (non-hydrogen) atoms. The lowest BCUT2D eigenvalue weighted by Gasteiger charge is -2.04. The standard InChI is InChI=1S/C15H12N2O3S/c18-14(19)6-3-11-1-4-13(5-2-11)20-10-12-9-17-7-8-21-15(17)16-12/h1-9H,10H2,(H,18,19)/b6-3+. The molecule has 5 nitrogen and oxygen atoms in total. The minimum Gasteiger partial charge on any atom is -0.487 e. The van der Waals surface area contributed by atoms with E-state index < -0.39 is 5.97 Å². The first-order valence-electron chi connectivity index (χ1n) is 6.26. The fourth-order valence-electron chi connectivity index (χ4n) is 1.85. The lowest BCUT2D eigenvalue weighted by Crippen LogP contribution is -1.95. The van der Waals surface area contributed by atoms with Gasteiger partial charge in [0.1, 0.15) is 12.4 Å². The Morgan fingerprint density at radius 3 is 2.90 bits per heavy atom. The van der Waals surface area contributed by atoms with Crippen molar-refractivity contribution >= 4 is 28.3 Å². The molecule has 3 rings (SSSR count). The average molecular weight is 300 g/mol. The van der Waals surface area contributed by atoms with E-state index in [0.717, 1.165) is 28.0 Å². The molecule has 0 fully saturated rings. The van der Waals surface area contributed by atoms with Gasteiger partial charge in [0, 0.05) is 23.8 Å². The monoisotopic (exact) mass is 300 g/mol. The Morgan fingerprint density at radius 1 is 1.38 bits per heavy atom. The average Bonchev–Trinajstić information content (AvgIpc) is 3.05. The molecule has 0 saturated heterocycles. The Kier molecular flexibility index (Phi) is 3.70. The maximum atomic E-state index is 10.4. The van der Waals surface area contributed by atoms with Crippen LogP contribution in [0.1, 0.15) is 11.3 Å². The number of hydrogen-bond acceptors (Lipinski definition) is 4. The summed E-state index contributed by atoms with van der Waals surface area (Å²) in [4.78, 5) is 15.8. The molecule has 0 bridgehead atoms. The SMILES string of the molecule is O=C(O)/C=C/c1ccc(OCc2cn3ccsc3n2)cc1. The third kappa shape index (κ3) is 3.29. The minimum atomic E-state index is -0.963. The van der Waals surface area contributed by atoms with Gasteiger partial charge in [0.25, 0.3) is 0 Å². The van der Waals surface area contributed by atoms with E-state index in [1.54, 1.807) is 35.6 Å². The maximum absolute atomic E-state index is 10.4. The number of imidazole rings is 1. The number of aromatic nitrogens is 2. The van der Waals surface area contributed by atoms with Crippen LogP contribution in [0.2, 0.25) is 0 Å². The largest absolute Gasteiger partial charge is 0.487 e. The first kappa shape index (κ1) is 13.4. The van der Waals surface area contributed by atoms with Crippen molar-refractivity contribution in [3.05, 3.63) is 59.4 Å². The zero-order valence-electron chi connectivity index (χ0n) is 11.0. The summed E-state index contributed by atoms with van der Waals surface area (Å²) >= 11 is 1.58. The van der Waals surface area contributed by atoms with E-state index in [4.69, 9.17) is 9.84 Å². The number of carboxylic acid groups (broad SMARTS) is 1. The van der Waals surface area contributed by atoms with Crippen molar-refractivity contribution in [3.63, 3.8) is 0 Å². The number of thiazole rings is 1. The molecule has 0 aliphatic heterocycles. The Balaban J connectivity index is 1.62. The summed E-state index contributed by atoms with van der Waals surface area (Å²) in [7, 11) is 0. The topological polar surface area (TPSA) is 63.8 Å². The zero-order valence-corrected chi connectivity index (χ0v) is 11.8. The molecular formula is C15H12N2O3S. The van der Waals surface area contributed by atoms with Gasteiger partial charge in [-0.3, -0.25) is 4.40 Å². The quantitative estimate of drug-likeness (QED) is 0.735. The molecule has 6 heteroatoms. The summed E-state index contributed by atoms with van der Waals surface area (Å²) in [5.41, 5.74) is 1.68. The van der Waals surface area contributed by atoms with Crippen LogP contribution in [-0.2, 0) is 11.4 Å². The van der Waals surface area contributed by atoms with Crippen molar-refractivity contribution in [1.82, 2.24) is 9.38 Å². The highest BCUT2D eigenvalue weighted by Gasteiger charge is 2.03. The van der Waals surface area contributed by atoms with Crippen LogP contribution in [0.25, 0.3) is 11.0 Å². The molecular weight excluding hydrogens is 288 g/mol. The molecule has 0 spiro atoms. The predicted octanol–water partition coefficient (Wildman–Crippen LogP) is 3.07. The second-order valence-corrected chi connectivity index (χ2v) is 5.23. The molecule has 0 atom stereocenters. The zero-order chi connectivity index (χ0) is 14.7. The molecule has 2 heterocycles. The van der Waals surface area contributed by atoms with Crippen molar-refractivity contribution in [3.8, 4) is 5.75 Å². The van der Waals surface area contributed by atoms with Gasteiger partial charge in [0.2, 0.25) is 0 Å². The van der Waals surface area contributed by atoms with Gasteiger partial charge in [-0.2, -0.15) is 0 Å². The second kappa shape index (κ2) is 5.80. The van der Waals surface area contributed by atoms with E-state index in [0.29, 0.717) is 6.61 Å². The van der Waals surface area contributed by atoms with E-state index in [1.165, 1.54) is 6.08 Å². The van der Waals surface area contributed by atoms with Gasteiger partial charge in [-0.1, -0.05) is 12.1 Å². The Labute approximate surface area is 124 Å². The van der Waals surface area contributed by atoms with Gasteiger partial charge < -0.3 is 9.84 Å². The van der Waals surface area contributed by atoms with Crippen LogP contribution in [-0.4, -0.2) is 20.5 Å². The van der Waals surface area contributed by atoms with E-state index in [1.807, 2.05) is 22.2 Å². The molecule has 0 radical (unpaired) electrons. The number of nitrogens with zero attached hydrogens (tertiary/aromatic N) is 2. The lowest BCUT2D eigenvalue weighted by molar-refractivity contribution is -0.131. The van der Waals surface area contributed by atoms with Gasteiger partial charge in [0.05, 0.1) is 5.69 Å². The van der Waals surface area contributed by atoms with Crippen molar-refractivity contribution in [2.24, 2.45) is 0 Å². The minimum absolute atomic E-state index is 0.401. The number of aliphatic carboxylic acids is 1. The summed E-state index contributed by atoms with van der Waals surface area (Å²) in [5.74, 6) is -0.242. The van der Waals surface area contributed by atoms with E-state index in [2.05, 4.69) is 4.98 Å². The third-order valence-electron chi connectivity index (χ3n) is 2.83. The van der Waals surface area contributed by atoms with Crippen LogP contribution in [0.5, 0.6) is 5.75 Å². The maximum Gasteiger partial charge on any atom is 0.328 e. The molecule has 0 unspecified atom stereocenters. The summed E-state index contributed by atoms with van der Waals surface area (Å²) in [5, 5.41) is 10.5.